The highest BCUT2D eigenvalue weighted by molar-refractivity contribution is 6.03. The number of nitriles is 1. The lowest BCUT2D eigenvalue weighted by Crippen LogP contribution is -2.50. The fraction of sp³-hybridized carbons (Fsp3) is 0.429. The first-order chi connectivity index (χ1) is 17.2. The molecule has 36 heavy (non-hydrogen) atoms. The molecule has 0 spiro atoms. The van der Waals surface area contributed by atoms with E-state index in [1.807, 2.05) is 18.3 Å². The highest BCUT2D eigenvalue weighted by Crippen LogP contribution is 2.25. The highest BCUT2D eigenvalue weighted by Gasteiger charge is 2.29. The molecule has 0 saturated carbocycles. The molecule has 0 amide bonds. The normalized spacial score (nSPS) is 19.9. The molecule has 0 aromatic heterocycles. The summed E-state index contributed by atoms with van der Waals surface area (Å²) >= 11 is 0. The van der Waals surface area contributed by atoms with Crippen LogP contribution in [0.25, 0.3) is 0 Å². The first kappa shape index (κ1) is 27.0. The molecule has 0 bridgehead atoms. The minimum absolute atomic E-state index is 0.147. The fourth-order valence-corrected chi connectivity index (χ4v) is 4.68. The highest BCUT2D eigenvalue weighted by atomic mass is 19.1. The molecule has 2 aromatic rings. The minimum Gasteiger partial charge on any atom is -0.326 e. The Kier molecular flexibility index (Phi) is 9.31. The Morgan fingerprint density at radius 2 is 1.69 bits per heavy atom. The Bertz CT molecular complexity index is 1110. The quantitative estimate of drug-likeness (QED) is 0.102. The van der Waals surface area contributed by atoms with Crippen LogP contribution in [0.15, 0.2) is 47.5 Å². The lowest BCUT2D eigenvalue weighted by atomic mass is 9.89. The van der Waals surface area contributed by atoms with Crippen LogP contribution in [0, 0.1) is 23.2 Å². The first-order valence-electron chi connectivity index (χ1n) is 12.4. The van der Waals surface area contributed by atoms with Crippen molar-refractivity contribution in [3.8, 4) is 6.19 Å². The van der Waals surface area contributed by atoms with Crippen molar-refractivity contribution in [2.45, 2.75) is 39.5 Å². The molecule has 1 saturated heterocycles. The van der Waals surface area contributed by atoms with Crippen LogP contribution in [0.2, 0.25) is 0 Å². The Balaban J connectivity index is 1.52. The van der Waals surface area contributed by atoms with Gasteiger partial charge in [-0.25, -0.2) is 4.39 Å². The Morgan fingerprint density at radius 1 is 1.08 bits per heavy atom. The monoisotopic (exact) mass is 492 g/mol. The maximum atomic E-state index is 13.1. The number of hydrogen-bond donors (Lipinski definition) is 2. The van der Waals surface area contributed by atoms with E-state index in [4.69, 9.17) is 5.26 Å². The number of piperidine rings is 1. The third kappa shape index (κ3) is 7.99. The van der Waals surface area contributed by atoms with E-state index in [9.17, 15) is 14.0 Å². The number of quaternary nitrogens is 1. The molecule has 0 radical (unpaired) electrons. The number of carbonyl (C=O) groups excluding carboxylic acids is 2. The number of hydrogen-bond acceptors (Lipinski definition) is 4. The van der Waals surface area contributed by atoms with Crippen LogP contribution in [0.4, 0.5) is 10.1 Å². The van der Waals surface area contributed by atoms with Crippen molar-refractivity contribution >= 4 is 23.2 Å². The maximum Gasteiger partial charge on any atom is 0.209 e. The lowest BCUT2D eigenvalue weighted by molar-refractivity contribution is -0.915. The number of benzene rings is 2. The average Bonchev–Trinajstić information content (AvgIpc) is 2.84. The Labute approximate surface area is 212 Å². The molecular weight excluding hydrogens is 457 g/mol. The van der Waals surface area contributed by atoms with Gasteiger partial charge in [0.15, 0.2) is 17.8 Å². The van der Waals surface area contributed by atoms with Crippen molar-refractivity contribution in [3.05, 3.63) is 65.0 Å². The minimum atomic E-state index is -0.192. The first-order valence-corrected chi connectivity index (χ1v) is 12.4. The molecule has 2 N–H and O–H groups in total. The number of halogens is 1. The van der Waals surface area contributed by atoms with Gasteiger partial charge in [-0.3, -0.25) is 19.9 Å². The van der Waals surface area contributed by atoms with E-state index >= 15 is 0 Å². The molecular formula is C28H35FN5O2+. The van der Waals surface area contributed by atoms with Crippen LogP contribution < -0.4 is 10.6 Å². The van der Waals surface area contributed by atoms with Gasteiger partial charge >= 0.3 is 0 Å². The van der Waals surface area contributed by atoms with Crippen molar-refractivity contribution in [2.75, 3.05) is 38.5 Å². The second-order valence-electron chi connectivity index (χ2n) is 9.92. The number of Topliss-reactive ketones (excluding diaryl/α,β-unsaturated/α-hetero) is 2. The number of ketones is 2. The van der Waals surface area contributed by atoms with Crippen LogP contribution in [-0.2, 0) is 6.42 Å². The van der Waals surface area contributed by atoms with Gasteiger partial charge < -0.3 is 9.80 Å². The van der Waals surface area contributed by atoms with Gasteiger partial charge in [0, 0.05) is 29.8 Å². The number of nitrogens with one attached hydrogen (secondary N) is 2. The number of likely N-dealkylation sites (tertiary alicyclic amines) is 1. The SMILES string of the molecule is CC(=O)c1cc(NC(=NCCC[N+]2(C)CCC(Cc3ccc(F)cc3)CC2)NC#N)cc(C(C)=O)c1. The number of aliphatic imine (C=N–C) groups is 1. The fourth-order valence-electron chi connectivity index (χ4n) is 4.68. The largest absolute Gasteiger partial charge is 0.326 e. The third-order valence-corrected chi connectivity index (χ3v) is 6.90. The number of rotatable bonds is 9. The van der Waals surface area contributed by atoms with Crippen molar-refractivity contribution in [3.63, 3.8) is 0 Å². The summed E-state index contributed by atoms with van der Waals surface area (Å²) in [5, 5.41) is 14.7. The van der Waals surface area contributed by atoms with E-state index in [1.54, 1.807) is 18.2 Å². The molecule has 1 aliphatic heterocycles. The molecule has 0 aliphatic carbocycles. The summed E-state index contributed by atoms with van der Waals surface area (Å²) in [6.45, 7) is 6.61. The number of guanidine groups is 1. The van der Waals surface area contributed by atoms with Crippen molar-refractivity contribution in [2.24, 2.45) is 10.9 Å². The summed E-state index contributed by atoms with van der Waals surface area (Å²) in [5.74, 6) is 0.426. The van der Waals surface area contributed by atoms with Gasteiger partial charge in [0.1, 0.15) is 5.82 Å². The average molecular weight is 493 g/mol. The summed E-state index contributed by atoms with van der Waals surface area (Å²) in [4.78, 5) is 28.2. The molecule has 7 nitrogen and oxygen atoms in total. The van der Waals surface area contributed by atoms with Crippen LogP contribution in [0.5, 0.6) is 0 Å². The van der Waals surface area contributed by atoms with E-state index < -0.39 is 0 Å². The third-order valence-electron chi connectivity index (χ3n) is 6.90. The molecule has 0 unspecified atom stereocenters. The van der Waals surface area contributed by atoms with Gasteiger partial charge in [0.2, 0.25) is 5.96 Å². The van der Waals surface area contributed by atoms with Crippen LogP contribution in [0.3, 0.4) is 0 Å². The molecule has 1 heterocycles. The zero-order chi connectivity index (χ0) is 26.1. The summed E-state index contributed by atoms with van der Waals surface area (Å²) < 4.78 is 14.1. The topological polar surface area (TPSA) is 94.3 Å². The lowest BCUT2D eigenvalue weighted by Gasteiger charge is -2.40. The standard InChI is InChI=1S/C28H35FN5O2/c1-20(35)24-16-25(21(2)36)18-27(17-24)33-28(32-19-30)31-11-4-12-34(3)13-9-23(10-14-34)15-22-5-7-26(29)8-6-22/h5-8,16-18,23H,4,9-15H2,1-3H3,(H2,31,32,33)/q+1. The second kappa shape index (κ2) is 12.4. The van der Waals surface area contributed by atoms with E-state index in [0.717, 1.165) is 49.8 Å². The Hall–Kier alpha value is -3.57. The van der Waals surface area contributed by atoms with E-state index in [-0.39, 0.29) is 23.3 Å². The van der Waals surface area contributed by atoms with Crippen molar-refractivity contribution < 1.29 is 18.5 Å². The maximum absolute atomic E-state index is 13.1. The smallest absolute Gasteiger partial charge is 0.209 e. The number of carbonyl (C=O) groups is 2. The van der Waals surface area contributed by atoms with Gasteiger partial charge in [0.05, 0.1) is 26.7 Å². The predicted molar refractivity (Wildman–Crippen MR) is 139 cm³/mol. The summed E-state index contributed by atoms with van der Waals surface area (Å²) in [6.07, 6.45) is 6.03. The van der Waals surface area contributed by atoms with E-state index in [2.05, 4.69) is 22.7 Å². The van der Waals surface area contributed by atoms with Gasteiger partial charge in [-0.1, -0.05) is 12.1 Å². The van der Waals surface area contributed by atoms with Crippen molar-refractivity contribution in [1.82, 2.24) is 5.32 Å². The van der Waals surface area contributed by atoms with Crippen molar-refractivity contribution in [1.29, 1.82) is 5.26 Å². The molecule has 1 fully saturated rings. The molecule has 8 heteroatoms. The molecule has 2 aromatic carbocycles. The van der Waals surface area contributed by atoms with E-state index in [1.165, 1.54) is 31.5 Å². The van der Waals surface area contributed by atoms with E-state index in [0.29, 0.717) is 29.3 Å². The van der Waals surface area contributed by atoms with Gasteiger partial charge in [0.25, 0.3) is 0 Å². The van der Waals surface area contributed by atoms with Gasteiger partial charge in [-0.2, -0.15) is 5.26 Å². The second-order valence-corrected chi connectivity index (χ2v) is 9.92. The molecule has 1 aliphatic rings. The number of anilines is 1. The number of nitrogens with zero attached hydrogens (tertiary/aromatic N) is 3. The van der Waals surface area contributed by atoms with Gasteiger partial charge in [-0.15, -0.1) is 0 Å². The summed E-state index contributed by atoms with van der Waals surface area (Å²) in [6, 6.07) is 11.7. The van der Waals surface area contributed by atoms with Crippen LogP contribution in [-0.4, -0.2) is 55.2 Å². The molecule has 3 rings (SSSR count). The summed E-state index contributed by atoms with van der Waals surface area (Å²) in [7, 11) is 2.28. The van der Waals surface area contributed by atoms with Gasteiger partial charge in [-0.05, 0) is 74.9 Å². The summed E-state index contributed by atoms with van der Waals surface area (Å²) in [5.41, 5.74) is 2.56. The molecule has 190 valence electrons. The van der Waals surface area contributed by atoms with Crippen LogP contribution >= 0.6 is 0 Å². The van der Waals surface area contributed by atoms with Crippen LogP contribution in [0.1, 0.15) is 59.4 Å². The Morgan fingerprint density at radius 3 is 2.25 bits per heavy atom. The zero-order valence-corrected chi connectivity index (χ0v) is 21.3. The molecule has 0 atom stereocenters. The predicted octanol–water partition coefficient (Wildman–Crippen LogP) is 4.56. The zero-order valence-electron chi connectivity index (χ0n) is 21.3.